The molecule has 4 bridgehead atoms. The van der Waals surface area contributed by atoms with Crippen molar-refractivity contribution in [3.63, 3.8) is 0 Å². The van der Waals surface area contributed by atoms with Gasteiger partial charge in [0.25, 0.3) is 0 Å². The molecule has 0 spiro atoms. The minimum Gasteiger partial charge on any atom is -0.330 e. The fourth-order valence-corrected chi connectivity index (χ4v) is 7.13. The zero-order valence-electron chi connectivity index (χ0n) is 11.8. The molecule has 102 valence electrons. The topological polar surface area (TPSA) is 26.0 Å². The second kappa shape index (κ2) is 3.98. The van der Waals surface area contributed by atoms with Crippen molar-refractivity contribution in [1.82, 2.24) is 0 Å². The highest BCUT2D eigenvalue weighted by atomic mass is 14.7. The van der Waals surface area contributed by atoms with E-state index in [9.17, 15) is 0 Å². The maximum absolute atomic E-state index is 6.01. The molecule has 18 heavy (non-hydrogen) atoms. The van der Waals surface area contributed by atoms with Gasteiger partial charge in [0.1, 0.15) is 0 Å². The molecule has 5 fully saturated rings. The van der Waals surface area contributed by atoms with E-state index in [-0.39, 0.29) is 0 Å². The first kappa shape index (κ1) is 11.8. The lowest BCUT2D eigenvalue weighted by Gasteiger charge is -2.63. The molecule has 5 rings (SSSR count). The first-order valence-corrected chi connectivity index (χ1v) is 8.45. The molecule has 0 aromatic heterocycles. The lowest BCUT2D eigenvalue weighted by molar-refractivity contribution is -0.132. The molecule has 0 aromatic carbocycles. The zero-order valence-corrected chi connectivity index (χ0v) is 11.8. The molecular formula is C17H29N. The Morgan fingerprint density at radius 3 is 1.78 bits per heavy atom. The predicted molar refractivity (Wildman–Crippen MR) is 75.2 cm³/mol. The second-order valence-electron chi connectivity index (χ2n) is 8.22. The molecule has 0 saturated heterocycles. The van der Waals surface area contributed by atoms with Crippen LogP contribution in [0.2, 0.25) is 0 Å². The van der Waals surface area contributed by atoms with Gasteiger partial charge < -0.3 is 5.73 Å². The van der Waals surface area contributed by atoms with Crippen LogP contribution in [0.3, 0.4) is 0 Å². The van der Waals surface area contributed by atoms with Crippen molar-refractivity contribution >= 4 is 0 Å². The summed E-state index contributed by atoms with van der Waals surface area (Å²) in [5.74, 6) is 3.31. The molecule has 0 aromatic rings. The fraction of sp³-hybridized carbons (Fsp3) is 1.00. The summed E-state index contributed by atoms with van der Waals surface area (Å²) < 4.78 is 0. The molecule has 1 heteroatoms. The van der Waals surface area contributed by atoms with Crippen LogP contribution in [0, 0.1) is 28.6 Å². The molecule has 5 aliphatic rings. The average Bonchev–Trinajstić information content (AvgIpc) is 2.78. The van der Waals surface area contributed by atoms with Gasteiger partial charge in [0.05, 0.1) is 0 Å². The molecule has 0 unspecified atom stereocenters. The average molecular weight is 247 g/mol. The normalized spacial score (nSPS) is 48.8. The van der Waals surface area contributed by atoms with E-state index in [0.29, 0.717) is 5.41 Å². The fourth-order valence-electron chi connectivity index (χ4n) is 7.13. The zero-order chi connectivity index (χ0) is 12.2. The van der Waals surface area contributed by atoms with E-state index in [1.54, 1.807) is 38.5 Å². The molecule has 0 aliphatic heterocycles. The third kappa shape index (κ3) is 1.49. The van der Waals surface area contributed by atoms with Gasteiger partial charge >= 0.3 is 0 Å². The Hall–Kier alpha value is -0.0400. The Kier molecular flexibility index (Phi) is 2.60. The summed E-state index contributed by atoms with van der Waals surface area (Å²) in [6, 6.07) is 0. The molecule has 2 N–H and O–H groups in total. The number of hydrogen-bond donors (Lipinski definition) is 1. The number of nitrogens with two attached hydrogens (primary N) is 1. The summed E-state index contributed by atoms with van der Waals surface area (Å²) in [6.07, 6.45) is 16.8. The van der Waals surface area contributed by atoms with Crippen molar-refractivity contribution < 1.29 is 0 Å². The van der Waals surface area contributed by atoms with Crippen molar-refractivity contribution in [2.75, 3.05) is 6.54 Å². The van der Waals surface area contributed by atoms with E-state index >= 15 is 0 Å². The first-order valence-electron chi connectivity index (χ1n) is 8.45. The van der Waals surface area contributed by atoms with Gasteiger partial charge in [0.2, 0.25) is 0 Å². The minimum absolute atomic E-state index is 0.678. The standard InChI is InChI=1S/C17H29N/c18-6-5-16(3-1-2-4-16)17-10-13-7-14(11-17)9-15(8-13)12-17/h13-15H,1-12,18H2. The van der Waals surface area contributed by atoms with Crippen LogP contribution in [0.5, 0.6) is 0 Å². The van der Waals surface area contributed by atoms with Gasteiger partial charge in [-0.1, -0.05) is 12.8 Å². The van der Waals surface area contributed by atoms with Crippen molar-refractivity contribution in [3.05, 3.63) is 0 Å². The van der Waals surface area contributed by atoms with Crippen LogP contribution in [-0.2, 0) is 0 Å². The van der Waals surface area contributed by atoms with Crippen LogP contribution in [0.25, 0.3) is 0 Å². The summed E-state index contributed by atoms with van der Waals surface area (Å²) in [7, 11) is 0. The molecule has 0 heterocycles. The number of rotatable bonds is 3. The van der Waals surface area contributed by atoms with Crippen LogP contribution >= 0.6 is 0 Å². The Balaban J connectivity index is 1.69. The van der Waals surface area contributed by atoms with E-state index in [1.807, 2.05) is 0 Å². The van der Waals surface area contributed by atoms with Crippen molar-refractivity contribution in [1.29, 1.82) is 0 Å². The predicted octanol–water partition coefficient (Wildman–Crippen LogP) is 4.11. The van der Waals surface area contributed by atoms with Gasteiger partial charge in [-0.2, -0.15) is 0 Å². The molecule has 1 nitrogen and oxygen atoms in total. The van der Waals surface area contributed by atoms with Crippen LogP contribution in [-0.4, -0.2) is 6.54 Å². The van der Waals surface area contributed by atoms with Crippen molar-refractivity contribution in [3.8, 4) is 0 Å². The summed E-state index contributed by atoms with van der Waals surface area (Å²) in [6.45, 7) is 0.932. The van der Waals surface area contributed by atoms with Gasteiger partial charge in [0, 0.05) is 0 Å². The highest BCUT2D eigenvalue weighted by Gasteiger charge is 2.59. The Morgan fingerprint density at radius 2 is 1.33 bits per heavy atom. The summed E-state index contributed by atoms with van der Waals surface area (Å²) >= 11 is 0. The van der Waals surface area contributed by atoms with E-state index in [1.165, 1.54) is 32.1 Å². The van der Waals surface area contributed by atoms with Gasteiger partial charge in [-0.15, -0.1) is 0 Å². The van der Waals surface area contributed by atoms with E-state index in [0.717, 1.165) is 29.7 Å². The monoisotopic (exact) mass is 247 g/mol. The maximum atomic E-state index is 6.01. The molecular weight excluding hydrogens is 218 g/mol. The SMILES string of the molecule is NCCC1(C23CC4CC(CC(C4)C2)C3)CCCC1. The Morgan fingerprint density at radius 1 is 0.833 bits per heavy atom. The Labute approximate surface area is 112 Å². The highest BCUT2D eigenvalue weighted by Crippen LogP contribution is 2.70. The van der Waals surface area contributed by atoms with Crippen molar-refractivity contribution in [2.45, 2.75) is 70.6 Å². The van der Waals surface area contributed by atoms with Gasteiger partial charge in [-0.05, 0) is 92.9 Å². The summed E-state index contributed by atoms with van der Waals surface area (Å²) in [5.41, 5.74) is 7.44. The molecule has 5 aliphatic carbocycles. The molecule has 0 amide bonds. The Bertz CT molecular complexity index is 291. The minimum atomic E-state index is 0.678. The van der Waals surface area contributed by atoms with Crippen LogP contribution in [0.1, 0.15) is 70.6 Å². The largest absolute Gasteiger partial charge is 0.330 e. The first-order chi connectivity index (χ1) is 8.75. The quantitative estimate of drug-likeness (QED) is 0.798. The smallest absolute Gasteiger partial charge is 0.00718 e. The van der Waals surface area contributed by atoms with Crippen LogP contribution in [0.4, 0.5) is 0 Å². The van der Waals surface area contributed by atoms with Crippen LogP contribution < -0.4 is 5.73 Å². The third-order valence-corrected chi connectivity index (χ3v) is 7.35. The van der Waals surface area contributed by atoms with Crippen LogP contribution in [0.15, 0.2) is 0 Å². The van der Waals surface area contributed by atoms with E-state index < -0.39 is 0 Å². The van der Waals surface area contributed by atoms with E-state index in [2.05, 4.69) is 0 Å². The van der Waals surface area contributed by atoms with Gasteiger partial charge in [-0.25, -0.2) is 0 Å². The van der Waals surface area contributed by atoms with Crippen molar-refractivity contribution in [2.24, 2.45) is 34.3 Å². The lowest BCUT2D eigenvalue weighted by Crippen LogP contribution is -2.54. The highest BCUT2D eigenvalue weighted by molar-refractivity contribution is 5.10. The van der Waals surface area contributed by atoms with E-state index in [4.69, 9.17) is 5.73 Å². The number of hydrogen-bond acceptors (Lipinski definition) is 1. The lowest BCUT2D eigenvalue weighted by atomic mass is 9.41. The summed E-state index contributed by atoms with van der Waals surface area (Å²) in [4.78, 5) is 0. The van der Waals surface area contributed by atoms with Gasteiger partial charge in [0.15, 0.2) is 0 Å². The third-order valence-electron chi connectivity index (χ3n) is 7.35. The molecule has 0 radical (unpaired) electrons. The second-order valence-corrected chi connectivity index (χ2v) is 8.22. The maximum Gasteiger partial charge on any atom is -0.00718 e. The van der Waals surface area contributed by atoms with Gasteiger partial charge in [-0.3, -0.25) is 0 Å². The molecule has 0 atom stereocenters. The molecule has 5 saturated carbocycles. The summed E-state index contributed by atoms with van der Waals surface area (Å²) in [5, 5.41) is 0.